The molecule has 0 fully saturated rings. The summed E-state index contributed by atoms with van der Waals surface area (Å²) in [6.45, 7) is 12.5. The van der Waals surface area contributed by atoms with E-state index in [4.69, 9.17) is 5.73 Å². The quantitative estimate of drug-likeness (QED) is 0.218. The Labute approximate surface area is 191 Å². The van der Waals surface area contributed by atoms with E-state index in [2.05, 4.69) is 16.0 Å². The Morgan fingerprint density at radius 2 is 1.19 bits per heavy atom. The molecule has 0 saturated carbocycles. The van der Waals surface area contributed by atoms with Crippen molar-refractivity contribution < 1.29 is 29.4 Å². The van der Waals surface area contributed by atoms with Gasteiger partial charge in [0, 0.05) is 0 Å². The number of nitrogens with one attached hydrogen (secondary N) is 3. The summed E-state index contributed by atoms with van der Waals surface area (Å²) in [4.78, 5) is 49.7. The van der Waals surface area contributed by atoms with Gasteiger partial charge < -0.3 is 31.9 Å². The van der Waals surface area contributed by atoms with Gasteiger partial charge in [-0.2, -0.15) is 0 Å². The number of aliphatic hydroxyl groups is 1. The lowest BCUT2D eigenvalue weighted by Gasteiger charge is -2.28. The lowest BCUT2D eigenvalue weighted by atomic mass is 9.97. The Morgan fingerprint density at radius 1 is 0.781 bits per heavy atom. The Balaban J connectivity index is 5.56. The molecule has 0 aromatic heterocycles. The summed E-state index contributed by atoms with van der Waals surface area (Å²) in [5.41, 5.74) is 5.67. The van der Waals surface area contributed by atoms with Gasteiger partial charge in [-0.15, -0.1) is 0 Å². The minimum atomic E-state index is -1.20. The molecule has 6 atom stereocenters. The van der Waals surface area contributed by atoms with E-state index in [1.807, 2.05) is 34.6 Å². The highest BCUT2D eigenvalue weighted by Gasteiger charge is 2.32. The Morgan fingerprint density at radius 3 is 1.53 bits per heavy atom. The van der Waals surface area contributed by atoms with Gasteiger partial charge in [-0.3, -0.25) is 14.4 Å². The number of carbonyl (C=O) groups excluding carboxylic acids is 3. The van der Waals surface area contributed by atoms with E-state index in [1.54, 1.807) is 6.92 Å². The maximum Gasteiger partial charge on any atom is 0.326 e. The Kier molecular flexibility index (Phi) is 13.1. The second kappa shape index (κ2) is 14.1. The van der Waals surface area contributed by atoms with Crippen molar-refractivity contribution in [1.82, 2.24) is 16.0 Å². The minimum Gasteiger partial charge on any atom is -0.480 e. The van der Waals surface area contributed by atoms with Crippen LogP contribution < -0.4 is 21.7 Å². The molecule has 0 bridgehead atoms. The molecule has 0 aliphatic heterocycles. The van der Waals surface area contributed by atoms with Crippen molar-refractivity contribution in [2.45, 2.75) is 98.0 Å². The van der Waals surface area contributed by atoms with Crippen LogP contribution in [0.25, 0.3) is 0 Å². The number of hydrogen-bond acceptors (Lipinski definition) is 6. The smallest absolute Gasteiger partial charge is 0.326 e. The van der Waals surface area contributed by atoms with Crippen molar-refractivity contribution in [2.75, 3.05) is 0 Å². The van der Waals surface area contributed by atoms with Crippen molar-refractivity contribution >= 4 is 23.7 Å². The van der Waals surface area contributed by atoms with Gasteiger partial charge in [-0.25, -0.2) is 4.79 Å². The Hall–Kier alpha value is -2.20. The van der Waals surface area contributed by atoms with E-state index in [1.165, 1.54) is 6.92 Å². The van der Waals surface area contributed by atoms with E-state index < -0.39 is 54.0 Å². The molecule has 0 heterocycles. The lowest BCUT2D eigenvalue weighted by molar-refractivity contribution is -0.144. The highest BCUT2D eigenvalue weighted by atomic mass is 16.4. The fourth-order valence-corrected chi connectivity index (χ4v) is 3.10. The van der Waals surface area contributed by atoms with Gasteiger partial charge in [0.05, 0.1) is 6.10 Å². The predicted octanol–water partition coefficient (Wildman–Crippen LogP) is 0.372. The topological polar surface area (TPSA) is 171 Å². The highest BCUT2D eigenvalue weighted by Crippen LogP contribution is 2.12. The molecular weight excluding hydrogens is 416 g/mol. The molecule has 6 unspecified atom stereocenters. The molecule has 0 rings (SSSR count). The third kappa shape index (κ3) is 10.4. The van der Waals surface area contributed by atoms with E-state index in [9.17, 15) is 29.4 Å². The maximum atomic E-state index is 13.0. The average Bonchev–Trinajstić information content (AvgIpc) is 2.68. The number of carbonyl (C=O) groups is 4. The molecule has 0 saturated heterocycles. The van der Waals surface area contributed by atoms with E-state index >= 15 is 0 Å². The van der Waals surface area contributed by atoms with Crippen LogP contribution in [0, 0.1) is 17.8 Å². The number of hydrogen-bond donors (Lipinski definition) is 6. The molecule has 7 N–H and O–H groups in total. The fourth-order valence-electron chi connectivity index (χ4n) is 3.10. The summed E-state index contributed by atoms with van der Waals surface area (Å²) >= 11 is 0. The van der Waals surface area contributed by atoms with Gasteiger partial charge in [0.2, 0.25) is 17.7 Å². The molecule has 186 valence electrons. The van der Waals surface area contributed by atoms with Gasteiger partial charge in [0.15, 0.2) is 0 Å². The van der Waals surface area contributed by atoms with Crippen LogP contribution in [0.3, 0.4) is 0 Å². The summed E-state index contributed by atoms with van der Waals surface area (Å²) in [5, 5.41) is 26.8. The molecular formula is C22H42N4O6. The summed E-state index contributed by atoms with van der Waals surface area (Å²) in [7, 11) is 0. The first-order valence-corrected chi connectivity index (χ1v) is 11.3. The molecule has 0 aromatic rings. The summed E-state index contributed by atoms with van der Waals surface area (Å²) in [6, 6.07) is -4.20. The van der Waals surface area contributed by atoms with Gasteiger partial charge in [-0.05, 0) is 37.5 Å². The second-order valence-corrected chi connectivity index (χ2v) is 9.36. The highest BCUT2D eigenvalue weighted by molar-refractivity contribution is 5.94. The van der Waals surface area contributed by atoms with Gasteiger partial charge in [-0.1, -0.05) is 48.0 Å². The zero-order valence-corrected chi connectivity index (χ0v) is 20.3. The van der Waals surface area contributed by atoms with Crippen molar-refractivity contribution in [3.05, 3.63) is 0 Å². The predicted molar refractivity (Wildman–Crippen MR) is 121 cm³/mol. The number of nitrogens with two attached hydrogens (primary N) is 1. The molecule has 10 nitrogen and oxygen atoms in total. The molecule has 0 aromatic carbocycles. The molecule has 0 radical (unpaired) electrons. The van der Waals surface area contributed by atoms with Crippen LogP contribution in [-0.2, 0) is 19.2 Å². The van der Waals surface area contributed by atoms with Gasteiger partial charge >= 0.3 is 5.97 Å². The van der Waals surface area contributed by atoms with Gasteiger partial charge in [0.1, 0.15) is 24.2 Å². The fraction of sp³-hybridized carbons (Fsp3) is 0.818. The number of carboxylic acid groups (broad SMARTS) is 1. The van der Waals surface area contributed by atoms with E-state index in [-0.39, 0.29) is 17.8 Å². The van der Waals surface area contributed by atoms with Crippen LogP contribution in [0.4, 0.5) is 0 Å². The van der Waals surface area contributed by atoms with Crippen LogP contribution >= 0.6 is 0 Å². The monoisotopic (exact) mass is 458 g/mol. The normalized spacial score (nSPS) is 17.1. The standard InChI is InChI=1S/C22H42N4O6/c1-8-13(6)18(22(31)32)26-20(29)16(10-12(4)5)24-19(28)15(9-11(2)3)25-21(30)17(23)14(7)27/h11-18,27H,8-10,23H2,1-7H3,(H,24,28)(H,25,30)(H,26,29)(H,31,32). The number of carboxylic acids is 1. The van der Waals surface area contributed by atoms with Crippen LogP contribution in [0.2, 0.25) is 0 Å². The third-order valence-electron chi connectivity index (χ3n) is 5.28. The average molecular weight is 459 g/mol. The lowest BCUT2D eigenvalue weighted by Crippen LogP contribution is -2.59. The third-order valence-corrected chi connectivity index (χ3v) is 5.28. The van der Waals surface area contributed by atoms with Crippen LogP contribution in [0.1, 0.15) is 67.7 Å². The largest absolute Gasteiger partial charge is 0.480 e. The number of amides is 3. The van der Waals surface area contributed by atoms with Crippen molar-refractivity contribution in [2.24, 2.45) is 23.5 Å². The summed E-state index contributed by atoms with van der Waals surface area (Å²) < 4.78 is 0. The number of rotatable bonds is 14. The maximum absolute atomic E-state index is 13.0. The molecule has 10 heteroatoms. The molecule has 3 amide bonds. The number of aliphatic carboxylic acids is 1. The number of aliphatic hydroxyl groups excluding tert-OH is 1. The molecule has 0 spiro atoms. The van der Waals surface area contributed by atoms with Crippen LogP contribution in [-0.4, -0.2) is 64.2 Å². The summed E-state index contributed by atoms with van der Waals surface area (Å²) in [5.74, 6) is -3.17. The summed E-state index contributed by atoms with van der Waals surface area (Å²) in [6.07, 6.45) is 0.0561. The Bertz CT molecular complexity index is 638. The van der Waals surface area contributed by atoms with Crippen molar-refractivity contribution in [3.8, 4) is 0 Å². The van der Waals surface area contributed by atoms with E-state index in [0.29, 0.717) is 19.3 Å². The molecule has 0 aliphatic rings. The zero-order chi connectivity index (χ0) is 25.2. The molecule has 32 heavy (non-hydrogen) atoms. The first kappa shape index (κ1) is 29.8. The van der Waals surface area contributed by atoms with Crippen LogP contribution in [0.5, 0.6) is 0 Å². The SMILES string of the molecule is CCC(C)C(NC(=O)C(CC(C)C)NC(=O)C(CC(C)C)NC(=O)C(N)C(C)O)C(=O)O. The van der Waals surface area contributed by atoms with E-state index in [0.717, 1.165) is 0 Å². The second-order valence-electron chi connectivity index (χ2n) is 9.36. The first-order chi connectivity index (χ1) is 14.7. The van der Waals surface area contributed by atoms with Crippen LogP contribution in [0.15, 0.2) is 0 Å². The van der Waals surface area contributed by atoms with Crippen molar-refractivity contribution in [3.63, 3.8) is 0 Å². The minimum absolute atomic E-state index is 0.0414. The van der Waals surface area contributed by atoms with Gasteiger partial charge in [0.25, 0.3) is 0 Å². The van der Waals surface area contributed by atoms with Crippen molar-refractivity contribution in [1.29, 1.82) is 0 Å². The molecule has 0 aliphatic carbocycles. The first-order valence-electron chi connectivity index (χ1n) is 11.3. The zero-order valence-electron chi connectivity index (χ0n) is 20.3.